The van der Waals surface area contributed by atoms with E-state index in [1.807, 2.05) is 0 Å². The molecule has 2 aromatic rings. The summed E-state index contributed by atoms with van der Waals surface area (Å²) in [5.74, 6) is -1.53. The number of halogens is 4. The van der Waals surface area contributed by atoms with Gasteiger partial charge in [0.25, 0.3) is 0 Å². The van der Waals surface area contributed by atoms with Crippen molar-refractivity contribution in [2.45, 2.75) is 19.6 Å². The molecule has 21 heavy (non-hydrogen) atoms. The first-order chi connectivity index (χ1) is 9.88. The fourth-order valence-corrected chi connectivity index (χ4v) is 1.98. The van der Waals surface area contributed by atoms with Crippen molar-refractivity contribution in [1.29, 1.82) is 0 Å². The Morgan fingerprint density at radius 3 is 2.43 bits per heavy atom. The molecule has 0 fully saturated rings. The number of nitrogens with two attached hydrogens (primary N) is 1. The molecule has 0 aliphatic rings. The van der Waals surface area contributed by atoms with Crippen LogP contribution in [0.15, 0.2) is 36.4 Å². The number of hydrogen-bond donors (Lipinski definition) is 1. The van der Waals surface area contributed by atoms with E-state index in [4.69, 9.17) is 5.73 Å². The van der Waals surface area contributed by atoms with Gasteiger partial charge in [-0.15, -0.1) is 0 Å². The fourth-order valence-electron chi connectivity index (χ4n) is 1.98. The van der Waals surface area contributed by atoms with E-state index in [1.165, 1.54) is 31.2 Å². The minimum atomic E-state index is -2.96. The van der Waals surface area contributed by atoms with Crippen molar-refractivity contribution in [3.63, 3.8) is 0 Å². The lowest BCUT2D eigenvalue weighted by atomic mass is 9.97. The minimum absolute atomic E-state index is 0.0720. The van der Waals surface area contributed by atoms with Gasteiger partial charge >= 0.3 is 6.61 Å². The van der Waals surface area contributed by atoms with Crippen molar-refractivity contribution in [1.82, 2.24) is 0 Å². The summed E-state index contributed by atoms with van der Waals surface area (Å²) in [5, 5.41) is 0. The van der Waals surface area contributed by atoms with Crippen LogP contribution >= 0.6 is 0 Å². The van der Waals surface area contributed by atoms with Crippen molar-refractivity contribution < 1.29 is 22.3 Å². The fraction of sp³-hybridized carbons (Fsp3) is 0.200. The Morgan fingerprint density at radius 2 is 1.76 bits per heavy atom. The molecule has 2 aromatic carbocycles. The Balaban J connectivity index is 2.36. The van der Waals surface area contributed by atoms with Crippen molar-refractivity contribution in [3.05, 3.63) is 64.7 Å². The largest absolute Gasteiger partial charge is 0.435 e. The number of rotatable bonds is 4. The van der Waals surface area contributed by atoms with Crippen molar-refractivity contribution in [2.75, 3.05) is 0 Å². The summed E-state index contributed by atoms with van der Waals surface area (Å²) in [6, 6.07) is 6.82. The highest BCUT2D eigenvalue weighted by atomic mass is 19.3. The van der Waals surface area contributed by atoms with Crippen LogP contribution in [-0.4, -0.2) is 6.61 Å². The van der Waals surface area contributed by atoms with Crippen LogP contribution in [-0.2, 0) is 0 Å². The van der Waals surface area contributed by atoms with Gasteiger partial charge in [0.1, 0.15) is 17.4 Å². The van der Waals surface area contributed by atoms with Crippen molar-refractivity contribution in [3.8, 4) is 5.75 Å². The molecule has 0 saturated carbocycles. The molecule has 0 aliphatic heterocycles. The van der Waals surface area contributed by atoms with E-state index in [9.17, 15) is 17.6 Å². The number of benzene rings is 2. The molecule has 2 rings (SSSR count). The molecule has 1 atom stereocenters. The van der Waals surface area contributed by atoms with Gasteiger partial charge in [-0.25, -0.2) is 8.78 Å². The van der Waals surface area contributed by atoms with Crippen LogP contribution in [0.3, 0.4) is 0 Å². The second-order valence-corrected chi connectivity index (χ2v) is 4.55. The van der Waals surface area contributed by atoms with Crippen molar-refractivity contribution >= 4 is 0 Å². The van der Waals surface area contributed by atoms with Gasteiger partial charge < -0.3 is 10.5 Å². The SMILES string of the molecule is Cc1cc(C(N)c2cccc(OC(F)F)c2)c(F)cc1F. The van der Waals surface area contributed by atoms with E-state index in [0.717, 1.165) is 6.07 Å². The Bertz CT molecular complexity index is 646. The van der Waals surface area contributed by atoms with E-state index in [0.29, 0.717) is 5.56 Å². The van der Waals surface area contributed by atoms with E-state index in [1.54, 1.807) is 6.07 Å². The third-order valence-corrected chi connectivity index (χ3v) is 3.06. The van der Waals surface area contributed by atoms with Gasteiger partial charge in [-0.3, -0.25) is 0 Å². The topological polar surface area (TPSA) is 35.2 Å². The normalized spacial score (nSPS) is 12.5. The molecule has 6 heteroatoms. The number of aryl methyl sites for hydroxylation is 1. The molecular weight excluding hydrogens is 286 g/mol. The lowest BCUT2D eigenvalue weighted by molar-refractivity contribution is -0.0498. The summed E-state index contributed by atoms with van der Waals surface area (Å²) >= 11 is 0. The van der Waals surface area contributed by atoms with Crippen LogP contribution in [0.1, 0.15) is 22.7 Å². The Hall–Kier alpha value is -2.08. The van der Waals surface area contributed by atoms with Crippen LogP contribution in [0.5, 0.6) is 5.75 Å². The summed E-state index contributed by atoms with van der Waals surface area (Å²) in [7, 11) is 0. The van der Waals surface area contributed by atoms with Gasteiger partial charge in [0.05, 0.1) is 6.04 Å². The molecule has 0 saturated heterocycles. The molecule has 2 nitrogen and oxygen atoms in total. The minimum Gasteiger partial charge on any atom is -0.435 e. The van der Waals surface area contributed by atoms with Crippen LogP contribution in [0.2, 0.25) is 0 Å². The average Bonchev–Trinajstić information content (AvgIpc) is 2.41. The third-order valence-electron chi connectivity index (χ3n) is 3.06. The average molecular weight is 299 g/mol. The Labute approximate surface area is 119 Å². The highest BCUT2D eigenvalue weighted by Crippen LogP contribution is 2.27. The molecule has 0 aromatic heterocycles. The number of hydrogen-bond acceptors (Lipinski definition) is 2. The predicted molar refractivity (Wildman–Crippen MR) is 70.2 cm³/mol. The standard InChI is InChI=1S/C15H13F4NO/c1-8-5-11(13(17)7-12(8)16)14(20)9-3-2-4-10(6-9)21-15(18)19/h2-7,14-15H,20H2,1H3. The zero-order valence-electron chi connectivity index (χ0n) is 11.1. The molecule has 112 valence electrons. The monoisotopic (exact) mass is 299 g/mol. The molecule has 2 N–H and O–H groups in total. The first kappa shape index (κ1) is 15.3. The van der Waals surface area contributed by atoms with Crippen molar-refractivity contribution in [2.24, 2.45) is 5.73 Å². The lowest BCUT2D eigenvalue weighted by Crippen LogP contribution is -2.14. The summed E-state index contributed by atoms with van der Waals surface area (Å²) in [6.07, 6.45) is 0. The van der Waals surface area contributed by atoms with Gasteiger partial charge in [0.2, 0.25) is 0 Å². The third kappa shape index (κ3) is 3.52. The summed E-state index contributed by atoms with van der Waals surface area (Å²) < 4.78 is 55.7. The second-order valence-electron chi connectivity index (χ2n) is 4.55. The van der Waals surface area contributed by atoms with E-state index in [-0.39, 0.29) is 16.9 Å². The Kier molecular flexibility index (Phi) is 4.47. The van der Waals surface area contributed by atoms with Gasteiger partial charge in [-0.1, -0.05) is 12.1 Å². The quantitative estimate of drug-likeness (QED) is 0.868. The summed E-state index contributed by atoms with van der Waals surface area (Å²) in [5.41, 5.74) is 6.66. The highest BCUT2D eigenvalue weighted by molar-refractivity contribution is 5.38. The maximum Gasteiger partial charge on any atom is 0.387 e. The van der Waals surface area contributed by atoms with Gasteiger partial charge in [-0.2, -0.15) is 8.78 Å². The molecule has 0 radical (unpaired) electrons. The predicted octanol–water partition coefficient (Wildman–Crippen LogP) is 3.92. The number of ether oxygens (including phenoxy) is 1. The molecule has 0 aliphatic carbocycles. The van der Waals surface area contributed by atoms with Crippen LogP contribution in [0.25, 0.3) is 0 Å². The van der Waals surface area contributed by atoms with Crippen LogP contribution in [0, 0.1) is 18.6 Å². The molecule has 0 heterocycles. The number of alkyl halides is 2. The first-order valence-electron chi connectivity index (χ1n) is 6.14. The first-order valence-corrected chi connectivity index (χ1v) is 6.14. The molecule has 0 spiro atoms. The molecule has 0 amide bonds. The van der Waals surface area contributed by atoms with E-state index in [2.05, 4.69) is 4.74 Å². The van der Waals surface area contributed by atoms with Crippen LogP contribution < -0.4 is 10.5 Å². The van der Waals surface area contributed by atoms with Gasteiger partial charge in [-0.05, 0) is 36.2 Å². The Morgan fingerprint density at radius 1 is 1.05 bits per heavy atom. The second kappa shape index (κ2) is 6.13. The smallest absolute Gasteiger partial charge is 0.387 e. The molecule has 1 unspecified atom stereocenters. The summed E-state index contributed by atoms with van der Waals surface area (Å²) in [6.45, 7) is -1.47. The van der Waals surface area contributed by atoms with Gasteiger partial charge in [0.15, 0.2) is 0 Å². The molecular formula is C15H13F4NO. The zero-order chi connectivity index (χ0) is 15.6. The summed E-state index contributed by atoms with van der Waals surface area (Å²) in [4.78, 5) is 0. The zero-order valence-corrected chi connectivity index (χ0v) is 11.1. The van der Waals surface area contributed by atoms with Gasteiger partial charge in [0, 0.05) is 11.6 Å². The van der Waals surface area contributed by atoms with Crippen LogP contribution in [0.4, 0.5) is 17.6 Å². The lowest BCUT2D eigenvalue weighted by Gasteiger charge is -2.16. The highest BCUT2D eigenvalue weighted by Gasteiger charge is 2.17. The maximum atomic E-state index is 13.8. The molecule has 0 bridgehead atoms. The van der Waals surface area contributed by atoms with E-state index < -0.39 is 24.3 Å². The maximum absolute atomic E-state index is 13.8. The van der Waals surface area contributed by atoms with E-state index >= 15 is 0 Å².